The van der Waals surface area contributed by atoms with Gasteiger partial charge in [-0.3, -0.25) is 4.79 Å². The molecule has 0 spiro atoms. The van der Waals surface area contributed by atoms with Gasteiger partial charge in [0.25, 0.3) is 0 Å². The van der Waals surface area contributed by atoms with E-state index in [1.807, 2.05) is 43.5 Å². The van der Waals surface area contributed by atoms with Gasteiger partial charge in [0.1, 0.15) is 5.75 Å². The van der Waals surface area contributed by atoms with Gasteiger partial charge in [-0.2, -0.15) is 0 Å². The second kappa shape index (κ2) is 6.49. The van der Waals surface area contributed by atoms with E-state index in [4.69, 9.17) is 10.5 Å². The van der Waals surface area contributed by atoms with Gasteiger partial charge >= 0.3 is 0 Å². The first-order valence-electron chi connectivity index (χ1n) is 6.31. The van der Waals surface area contributed by atoms with E-state index in [-0.39, 0.29) is 18.6 Å². The van der Waals surface area contributed by atoms with Crippen molar-refractivity contribution in [1.29, 1.82) is 0 Å². The summed E-state index contributed by atoms with van der Waals surface area (Å²) in [5, 5.41) is 5.08. The number of hydrogen-bond acceptors (Lipinski definition) is 5. The van der Waals surface area contributed by atoms with E-state index in [1.165, 1.54) is 11.3 Å². The van der Waals surface area contributed by atoms with Crippen molar-refractivity contribution in [3.8, 4) is 17.0 Å². The molecule has 0 bridgehead atoms. The molecule has 6 heteroatoms. The molecule has 5 nitrogen and oxygen atoms in total. The summed E-state index contributed by atoms with van der Waals surface area (Å²) in [7, 11) is 0. The highest BCUT2D eigenvalue weighted by Gasteiger charge is 2.07. The van der Waals surface area contributed by atoms with Crippen LogP contribution >= 0.6 is 11.3 Å². The van der Waals surface area contributed by atoms with Crippen LogP contribution in [-0.2, 0) is 4.79 Å². The second-order valence-electron chi connectivity index (χ2n) is 4.48. The summed E-state index contributed by atoms with van der Waals surface area (Å²) < 4.78 is 5.59. The average Bonchev–Trinajstić information content (AvgIpc) is 2.87. The number of rotatable bonds is 5. The molecule has 0 saturated carbocycles. The van der Waals surface area contributed by atoms with Gasteiger partial charge in [-0.15, -0.1) is 11.3 Å². The lowest BCUT2D eigenvalue weighted by atomic mass is 10.2. The zero-order chi connectivity index (χ0) is 14.5. The normalized spacial score (nSPS) is 10.6. The molecule has 0 atom stereocenters. The summed E-state index contributed by atoms with van der Waals surface area (Å²) in [6.07, 6.45) is 0.151. The fraction of sp³-hybridized carbons (Fsp3) is 0.286. The van der Waals surface area contributed by atoms with E-state index in [9.17, 15) is 4.79 Å². The summed E-state index contributed by atoms with van der Waals surface area (Å²) in [4.78, 5) is 15.5. The van der Waals surface area contributed by atoms with Crippen molar-refractivity contribution in [2.75, 3.05) is 11.9 Å². The molecule has 0 aliphatic heterocycles. The number of nitrogens with zero attached hydrogens (tertiary/aromatic N) is 1. The largest absolute Gasteiger partial charge is 0.491 e. The lowest BCUT2D eigenvalue weighted by Crippen LogP contribution is -2.21. The molecule has 106 valence electrons. The third-order valence-electron chi connectivity index (χ3n) is 2.46. The Kier molecular flexibility index (Phi) is 4.70. The maximum Gasteiger partial charge on any atom is 0.239 e. The third-order valence-corrected chi connectivity index (χ3v) is 3.22. The van der Waals surface area contributed by atoms with Crippen LogP contribution in [0.3, 0.4) is 0 Å². The fourth-order valence-electron chi connectivity index (χ4n) is 1.61. The van der Waals surface area contributed by atoms with Gasteiger partial charge in [0.15, 0.2) is 5.13 Å². The minimum atomic E-state index is -0.244. The Morgan fingerprint density at radius 3 is 2.70 bits per heavy atom. The minimum absolute atomic E-state index is 0.0455. The van der Waals surface area contributed by atoms with Crippen LogP contribution in [0.15, 0.2) is 29.6 Å². The molecule has 0 aliphatic rings. The predicted octanol–water partition coefficient (Wildman–Crippen LogP) is 2.49. The van der Waals surface area contributed by atoms with Crippen molar-refractivity contribution in [2.45, 2.75) is 20.0 Å². The van der Waals surface area contributed by atoms with Crippen LogP contribution in [-0.4, -0.2) is 23.5 Å². The third kappa shape index (κ3) is 3.79. The zero-order valence-corrected chi connectivity index (χ0v) is 12.2. The van der Waals surface area contributed by atoms with E-state index in [0.717, 1.165) is 17.0 Å². The molecule has 1 heterocycles. The van der Waals surface area contributed by atoms with Crippen LogP contribution in [0, 0.1) is 0 Å². The van der Waals surface area contributed by atoms with Crippen molar-refractivity contribution in [3.05, 3.63) is 29.6 Å². The maximum absolute atomic E-state index is 11.2. The maximum atomic E-state index is 11.2. The fourth-order valence-corrected chi connectivity index (χ4v) is 2.35. The van der Waals surface area contributed by atoms with E-state index in [0.29, 0.717) is 5.13 Å². The van der Waals surface area contributed by atoms with Gasteiger partial charge in [0, 0.05) is 10.9 Å². The Hall–Kier alpha value is -1.92. The van der Waals surface area contributed by atoms with Gasteiger partial charge < -0.3 is 15.8 Å². The first kappa shape index (κ1) is 14.5. The minimum Gasteiger partial charge on any atom is -0.491 e. The summed E-state index contributed by atoms with van der Waals surface area (Å²) in [6, 6.07) is 7.71. The molecular formula is C14H17N3O2S. The van der Waals surface area contributed by atoms with Gasteiger partial charge in [-0.25, -0.2) is 4.98 Å². The molecule has 2 rings (SSSR count). The lowest BCUT2D eigenvalue weighted by Gasteiger charge is -2.09. The number of hydrogen-bond donors (Lipinski definition) is 2. The number of nitrogens with two attached hydrogens (primary N) is 1. The molecule has 2 aromatic rings. The van der Waals surface area contributed by atoms with E-state index in [1.54, 1.807) is 0 Å². The molecule has 1 aromatic heterocycles. The highest BCUT2D eigenvalue weighted by molar-refractivity contribution is 7.14. The smallest absolute Gasteiger partial charge is 0.239 e. The van der Waals surface area contributed by atoms with Gasteiger partial charge in [-0.1, -0.05) is 0 Å². The van der Waals surface area contributed by atoms with E-state index in [2.05, 4.69) is 10.3 Å². The Morgan fingerprint density at radius 1 is 1.40 bits per heavy atom. The summed E-state index contributed by atoms with van der Waals surface area (Å²) in [5.74, 6) is 0.585. The van der Waals surface area contributed by atoms with Gasteiger partial charge in [0.2, 0.25) is 5.91 Å². The van der Waals surface area contributed by atoms with Crippen LogP contribution < -0.4 is 15.8 Å². The van der Waals surface area contributed by atoms with Gasteiger partial charge in [0.05, 0.1) is 18.3 Å². The topological polar surface area (TPSA) is 77.2 Å². The van der Waals surface area contributed by atoms with E-state index >= 15 is 0 Å². The molecule has 1 amide bonds. The lowest BCUT2D eigenvalue weighted by molar-refractivity contribution is -0.114. The number of thiazole rings is 1. The van der Waals surface area contributed by atoms with Crippen molar-refractivity contribution >= 4 is 22.4 Å². The highest BCUT2D eigenvalue weighted by atomic mass is 32.1. The van der Waals surface area contributed by atoms with Crippen LogP contribution in [0.1, 0.15) is 13.8 Å². The van der Waals surface area contributed by atoms with E-state index < -0.39 is 0 Å². The molecular weight excluding hydrogens is 274 g/mol. The highest BCUT2D eigenvalue weighted by Crippen LogP contribution is 2.26. The summed E-state index contributed by atoms with van der Waals surface area (Å²) in [6.45, 7) is 3.93. The molecule has 0 radical (unpaired) electrons. The molecule has 0 saturated heterocycles. The number of benzene rings is 1. The number of ether oxygens (including phenoxy) is 1. The standard InChI is InChI=1S/C14H17N3O2S/c1-9(2)19-11-5-3-10(4-6-11)12-8-20-14(16-12)17-13(18)7-15/h3-6,8-9H,7,15H2,1-2H3,(H,16,17,18). The first-order chi connectivity index (χ1) is 9.58. The number of carbonyl (C=O) groups excluding carboxylic acids is 1. The second-order valence-corrected chi connectivity index (χ2v) is 5.34. The number of aromatic nitrogens is 1. The molecule has 3 N–H and O–H groups in total. The Bertz CT molecular complexity index is 578. The van der Waals surface area contributed by atoms with Crippen molar-refractivity contribution < 1.29 is 9.53 Å². The van der Waals surface area contributed by atoms with Crippen LogP contribution in [0.4, 0.5) is 5.13 Å². The molecule has 20 heavy (non-hydrogen) atoms. The Balaban J connectivity index is 2.10. The number of nitrogens with one attached hydrogen (secondary N) is 1. The zero-order valence-electron chi connectivity index (χ0n) is 11.4. The van der Waals surface area contributed by atoms with Crippen LogP contribution in [0.5, 0.6) is 5.75 Å². The predicted molar refractivity (Wildman–Crippen MR) is 81.0 cm³/mol. The molecule has 1 aromatic carbocycles. The van der Waals surface area contributed by atoms with Crippen molar-refractivity contribution in [3.63, 3.8) is 0 Å². The molecule has 0 fully saturated rings. The quantitative estimate of drug-likeness (QED) is 0.887. The monoisotopic (exact) mass is 291 g/mol. The van der Waals surface area contributed by atoms with Crippen LogP contribution in [0.2, 0.25) is 0 Å². The molecule has 0 aliphatic carbocycles. The van der Waals surface area contributed by atoms with Crippen molar-refractivity contribution in [1.82, 2.24) is 4.98 Å². The SMILES string of the molecule is CC(C)Oc1ccc(-c2csc(NC(=O)CN)n2)cc1. The number of amides is 1. The average molecular weight is 291 g/mol. The summed E-state index contributed by atoms with van der Waals surface area (Å²) in [5.41, 5.74) is 7.04. The van der Waals surface area contributed by atoms with Crippen molar-refractivity contribution in [2.24, 2.45) is 5.73 Å². The Morgan fingerprint density at radius 2 is 2.10 bits per heavy atom. The van der Waals surface area contributed by atoms with Gasteiger partial charge in [-0.05, 0) is 38.1 Å². The number of carbonyl (C=O) groups is 1. The first-order valence-corrected chi connectivity index (χ1v) is 7.19. The summed E-state index contributed by atoms with van der Waals surface area (Å²) >= 11 is 1.37. The number of anilines is 1. The van der Waals surface area contributed by atoms with Crippen LogP contribution in [0.25, 0.3) is 11.3 Å². The molecule has 0 unspecified atom stereocenters. The Labute approximate surface area is 121 Å².